The predicted octanol–water partition coefficient (Wildman–Crippen LogP) is 1.31. The summed E-state index contributed by atoms with van der Waals surface area (Å²) in [6.07, 6.45) is 3.79. The minimum absolute atomic E-state index is 0.234. The zero-order chi connectivity index (χ0) is 9.14. The standard InChI is InChI=1S/C10H19NO/c1-4-5-9-7(2)6-10(11-9)8(3)12/h4,7-12H,1,5-6H2,2-3H3. The van der Waals surface area contributed by atoms with Gasteiger partial charge >= 0.3 is 0 Å². The minimum atomic E-state index is -0.234. The van der Waals surface area contributed by atoms with Crippen LogP contribution in [0.3, 0.4) is 0 Å². The maximum Gasteiger partial charge on any atom is 0.0665 e. The van der Waals surface area contributed by atoms with Crippen LogP contribution in [0.2, 0.25) is 0 Å². The summed E-state index contributed by atoms with van der Waals surface area (Å²) in [6, 6.07) is 0.798. The lowest BCUT2D eigenvalue weighted by Crippen LogP contribution is -2.37. The molecule has 0 aromatic heterocycles. The molecule has 0 radical (unpaired) electrons. The van der Waals surface area contributed by atoms with Gasteiger partial charge in [0.05, 0.1) is 6.10 Å². The van der Waals surface area contributed by atoms with Crippen molar-refractivity contribution in [3.05, 3.63) is 12.7 Å². The van der Waals surface area contributed by atoms with Gasteiger partial charge in [0.15, 0.2) is 0 Å². The molecule has 1 aliphatic heterocycles. The number of hydrogen-bond acceptors (Lipinski definition) is 2. The highest BCUT2D eigenvalue weighted by Gasteiger charge is 2.31. The zero-order valence-electron chi connectivity index (χ0n) is 7.96. The lowest BCUT2D eigenvalue weighted by Gasteiger charge is -2.15. The van der Waals surface area contributed by atoms with Gasteiger partial charge in [0.2, 0.25) is 0 Å². The van der Waals surface area contributed by atoms with Gasteiger partial charge in [-0.25, -0.2) is 0 Å². The van der Waals surface area contributed by atoms with Gasteiger partial charge < -0.3 is 10.4 Å². The molecule has 70 valence electrons. The van der Waals surface area contributed by atoms with Crippen LogP contribution in [0.15, 0.2) is 12.7 Å². The molecule has 0 bridgehead atoms. The van der Waals surface area contributed by atoms with E-state index in [4.69, 9.17) is 0 Å². The van der Waals surface area contributed by atoms with Gasteiger partial charge in [-0.05, 0) is 25.7 Å². The van der Waals surface area contributed by atoms with Crippen LogP contribution < -0.4 is 5.32 Å². The van der Waals surface area contributed by atoms with Crippen LogP contribution in [0.4, 0.5) is 0 Å². The summed E-state index contributed by atoms with van der Waals surface area (Å²) in [5.74, 6) is 0.655. The molecule has 1 rings (SSSR count). The van der Waals surface area contributed by atoms with Crippen molar-refractivity contribution in [3.8, 4) is 0 Å². The number of aliphatic hydroxyl groups is 1. The molecular weight excluding hydrogens is 150 g/mol. The Labute approximate surface area is 74.7 Å². The second kappa shape index (κ2) is 4.06. The number of rotatable bonds is 3. The second-order valence-corrected chi connectivity index (χ2v) is 3.86. The van der Waals surface area contributed by atoms with E-state index in [1.165, 1.54) is 0 Å². The second-order valence-electron chi connectivity index (χ2n) is 3.86. The Kier molecular flexibility index (Phi) is 3.29. The monoisotopic (exact) mass is 169 g/mol. The summed E-state index contributed by atoms with van der Waals surface area (Å²) < 4.78 is 0. The maximum absolute atomic E-state index is 9.37. The first kappa shape index (κ1) is 9.75. The van der Waals surface area contributed by atoms with Gasteiger partial charge in [-0.15, -0.1) is 6.58 Å². The van der Waals surface area contributed by atoms with E-state index in [-0.39, 0.29) is 12.1 Å². The Morgan fingerprint density at radius 1 is 1.75 bits per heavy atom. The first-order valence-corrected chi connectivity index (χ1v) is 4.70. The molecule has 0 amide bonds. The molecule has 4 atom stereocenters. The first-order valence-electron chi connectivity index (χ1n) is 4.70. The van der Waals surface area contributed by atoms with E-state index in [9.17, 15) is 5.11 Å². The fourth-order valence-corrected chi connectivity index (χ4v) is 1.89. The molecule has 12 heavy (non-hydrogen) atoms. The van der Waals surface area contributed by atoms with Crippen molar-refractivity contribution in [1.29, 1.82) is 0 Å². The average Bonchev–Trinajstić information content (AvgIpc) is 2.34. The van der Waals surface area contributed by atoms with E-state index >= 15 is 0 Å². The normalized spacial score (nSPS) is 38.1. The molecule has 0 saturated carbocycles. The largest absolute Gasteiger partial charge is 0.392 e. The van der Waals surface area contributed by atoms with Gasteiger partial charge in [-0.3, -0.25) is 0 Å². The molecule has 0 spiro atoms. The Bertz CT molecular complexity index is 156. The summed E-state index contributed by atoms with van der Waals surface area (Å²) in [6.45, 7) is 7.80. The van der Waals surface area contributed by atoms with Gasteiger partial charge in [-0.1, -0.05) is 13.0 Å². The molecule has 4 unspecified atom stereocenters. The molecular formula is C10H19NO. The topological polar surface area (TPSA) is 32.3 Å². The Morgan fingerprint density at radius 3 is 2.83 bits per heavy atom. The lowest BCUT2D eigenvalue weighted by molar-refractivity contribution is 0.151. The molecule has 2 heteroatoms. The molecule has 2 nitrogen and oxygen atoms in total. The minimum Gasteiger partial charge on any atom is -0.392 e. The van der Waals surface area contributed by atoms with E-state index in [0.29, 0.717) is 12.0 Å². The van der Waals surface area contributed by atoms with E-state index in [1.807, 2.05) is 13.0 Å². The highest BCUT2D eigenvalue weighted by atomic mass is 16.3. The third kappa shape index (κ3) is 2.08. The van der Waals surface area contributed by atoms with Gasteiger partial charge in [0, 0.05) is 12.1 Å². The number of nitrogens with one attached hydrogen (secondary N) is 1. The highest BCUT2D eigenvalue weighted by Crippen LogP contribution is 2.23. The van der Waals surface area contributed by atoms with Crippen molar-refractivity contribution < 1.29 is 5.11 Å². The number of hydrogen-bond donors (Lipinski definition) is 2. The molecule has 1 aliphatic rings. The SMILES string of the molecule is C=CCC1NC(C(C)O)CC1C. The highest BCUT2D eigenvalue weighted by molar-refractivity contribution is 4.93. The van der Waals surface area contributed by atoms with Crippen molar-refractivity contribution in [2.24, 2.45) is 5.92 Å². The van der Waals surface area contributed by atoms with Crippen LogP contribution in [0, 0.1) is 5.92 Å². The molecule has 1 heterocycles. The average molecular weight is 169 g/mol. The smallest absolute Gasteiger partial charge is 0.0665 e. The van der Waals surface area contributed by atoms with Crippen molar-refractivity contribution in [3.63, 3.8) is 0 Å². The first-order chi connectivity index (χ1) is 5.65. The Hall–Kier alpha value is -0.340. The summed E-state index contributed by atoms with van der Waals surface area (Å²) in [4.78, 5) is 0. The third-order valence-corrected chi connectivity index (χ3v) is 2.74. The van der Waals surface area contributed by atoms with Crippen molar-refractivity contribution in [2.45, 2.75) is 44.9 Å². The van der Waals surface area contributed by atoms with E-state index < -0.39 is 0 Å². The van der Waals surface area contributed by atoms with E-state index in [2.05, 4.69) is 18.8 Å². The number of aliphatic hydroxyl groups excluding tert-OH is 1. The van der Waals surface area contributed by atoms with Crippen molar-refractivity contribution in [2.75, 3.05) is 0 Å². The summed E-state index contributed by atoms with van der Waals surface area (Å²) in [5.41, 5.74) is 0. The van der Waals surface area contributed by atoms with Gasteiger partial charge in [-0.2, -0.15) is 0 Å². The molecule has 0 aromatic carbocycles. The van der Waals surface area contributed by atoms with Gasteiger partial charge in [0.25, 0.3) is 0 Å². The Balaban J connectivity index is 2.44. The van der Waals surface area contributed by atoms with Crippen LogP contribution in [0.5, 0.6) is 0 Å². The lowest BCUT2D eigenvalue weighted by atomic mass is 9.98. The van der Waals surface area contributed by atoms with Crippen molar-refractivity contribution >= 4 is 0 Å². The molecule has 2 N–H and O–H groups in total. The van der Waals surface area contributed by atoms with E-state index in [0.717, 1.165) is 12.8 Å². The molecule has 0 aromatic rings. The van der Waals surface area contributed by atoms with Crippen LogP contribution in [-0.2, 0) is 0 Å². The maximum atomic E-state index is 9.37. The predicted molar refractivity (Wildman–Crippen MR) is 51.0 cm³/mol. The van der Waals surface area contributed by atoms with Crippen molar-refractivity contribution in [1.82, 2.24) is 5.32 Å². The van der Waals surface area contributed by atoms with Crippen LogP contribution in [-0.4, -0.2) is 23.3 Å². The molecule has 0 aliphatic carbocycles. The fourth-order valence-electron chi connectivity index (χ4n) is 1.89. The third-order valence-electron chi connectivity index (χ3n) is 2.74. The quantitative estimate of drug-likeness (QED) is 0.624. The van der Waals surface area contributed by atoms with Crippen LogP contribution >= 0.6 is 0 Å². The summed E-state index contributed by atoms with van der Waals surface area (Å²) >= 11 is 0. The molecule has 1 saturated heterocycles. The van der Waals surface area contributed by atoms with E-state index in [1.54, 1.807) is 0 Å². The zero-order valence-corrected chi connectivity index (χ0v) is 7.96. The van der Waals surface area contributed by atoms with Gasteiger partial charge in [0.1, 0.15) is 0 Å². The Morgan fingerprint density at radius 2 is 2.42 bits per heavy atom. The van der Waals surface area contributed by atoms with Crippen LogP contribution in [0.1, 0.15) is 26.7 Å². The summed E-state index contributed by atoms with van der Waals surface area (Å²) in [7, 11) is 0. The fraction of sp³-hybridized carbons (Fsp3) is 0.800. The van der Waals surface area contributed by atoms with Crippen LogP contribution in [0.25, 0.3) is 0 Å². The summed E-state index contributed by atoms with van der Waals surface area (Å²) in [5, 5.41) is 12.8. The molecule has 1 fully saturated rings.